The molecule has 0 aliphatic heterocycles. The second-order valence-electron chi connectivity index (χ2n) is 6.22. The zero-order chi connectivity index (χ0) is 15.5. The summed E-state index contributed by atoms with van der Waals surface area (Å²) < 4.78 is 0. The lowest BCUT2D eigenvalue weighted by atomic mass is 9.82. The number of aliphatic carboxylic acids is 1. The molecule has 0 unspecified atom stereocenters. The topological polar surface area (TPSA) is 66.4 Å². The number of carboxylic acid groups (broad SMARTS) is 1. The van der Waals surface area contributed by atoms with E-state index < -0.39 is 17.8 Å². The van der Waals surface area contributed by atoms with E-state index in [1.54, 1.807) is 0 Å². The molecule has 2 bridgehead atoms. The Morgan fingerprint density at radius 1 is 1.09 bits per heavy atom. The van der Waals surface area contributed by atoms with E-state index >= 15 is 0 Å². The molecule has 0 aromatic heterocycles. The van der Waals surface area contributed by atoms with Crippen molar-refractivity contribution in [1.29, 1.82) is 0 Å². The van der Waals surface area contributed by atoms with Crippen LogP contribution < -0.4 is 5.32 Å². The van der Waals surface area contributed by atoms with Crippen LogP contribution in [0.2, 0.25) is 0 Å². The van der Waals surface area contributed by atoms with Crippen LogP contribution in [-0.2, 0) is 16.0 Å². The Bertz CT molecular complexity index is 581. The van der Waals surface area contributed by atoms with Gasteiger partial charge in [-0.1, -0.05) is 42.5 Å². The number of hydrogen-bond acceptors (Lipinski definition) is 2. The van der Waals surface area contributed by atoms with Crippen molar-refractivity contribution in [3.63, 3.8) is 0 Å². The molecule has 2 aliphatic rings. The largest absolute Gasteiger partial charge is 0.481 e. The van der Waals surface area contributed by atoms with Gasteiger partial charge in [-0.25, -0.2) is 0 Å². The van der Waals surface area contributed by atoms with Gasteiger partial charge < -0.3 is 10.4 Å². The number of carbonyl (C=O) groups is 2. The molecule has 3 rings (SSSR count). The van der Waals surface area contributed by atoms with E-state index in [1.165, 1.54) is 5.56 Å². The number of benzene rings is 1. The monoisotopic (exact) mass is 299 g/mol. The number of rotatable bonds is 6. The van der Waals surface area contributed by atoms with E-state index in [0.29, 0.717) is 6.54 Å². The van der Waals surface area contributed by atoms with E-state index in [-0.39, 0.29) is 17.7 Å². The Morgan fingerprint density at radius 3 is 2.45 bits per heavy atom. The number of allylic oxidation sites excluding steroid dienone is 2. The molecule has 1 aromatic rings. The first-order chi connectivity index (χ1) is 10.7. The second-order valence-corrected chi connectivity index (χ2v) is 6.22. The highest BCUT2D eigenvalue weighted by Crippen LogP contribution is 2.48. The summed E-state index contributed by atoms with van der Waals surface area (Å²) in [5, 5.41) is 12.3. The van der Waals surface area contributed by atoms with Crippen LogP contribution in [0.25, 0.3) is 0 Å². The molecule has 1 saturated carbocycles. The van der Waals surface area contributed by atoms with E-state index in [9.17, 15) is 14.7 Å². The number of fused-ring (bicyclic) bond motifs is 2. The fourth-order valence-electron chi connectivity index (χ4n) is 3.78. The third-order valence-corrected chi connectivity index (χ3v) is 4.83. The minimum Gasteiger partial charge on any atom is -0.481 e. The lowest BCUT2D eigenvalue weighted by Gasteiger charge is -2.23. The van der Waals surface area contributed by atoms with Gasteiger partial charge in [-0.2, -0.15) is 0 Å². The summed E-state index contributed by atoms with van der Waals surface area (Å²) in [7, 11) is 0. The van der Waals surface area contributed by atoms with Crippen molar-refractivity contribution in [2.24, 2.45) is 23.7 Å². The van der Waals surface area contributed by atoms with Crippen LogP contribution in [0, 0.1) is 23.7 Å². The van der Waals surface area contributed by atoms with Crippen molar-refractivity contribution in [1.82, 2.24) is 5.32 Å². The third-order valence-electron chi connectivity index (χ3n) is 4.83. The molecule has 1 aromatic carbocycles. The van der Waals surface area contributed by atoms with Crippen LogP contribution >= 0.6 is 0 Å². The van der Waals surface area contributed by atoms with E-state index in [1.807, 2.05) is 30.4 Å². The van der Waals surface area contributed by atoms with Gasteiger partial charge in [0.2, 0.25) is 5.91 Å². The van der Waals surface area contributed by atoms with Crippen molar-refractivity contribution < 1.29 is 14.7 Å². The molecule has 0 heterocycles. The van der Waals surface area contributed by atoms with E-state index in [4.69, 9.17) is 0 Å². The van der Waals surface area contributed by atoms with Gasteiger partial charge >= 0.3 is 5.97 Å². The normalized spacial score (nSPS) is 28.7. The first-order valence-corrected chi connectivity index (χ1v) is 7.89. The van der Waals surface area contributed by atoms with Crippen LogP contribution in [0.15, 0.2) is 42.5 Å². The standard InChI is InChI=1S/C18H21NO3/c20-17(19-10-4-7-12-5-2-1-3-6-12)15-13-8-9-14(11-13)16(15)18(21)22/h1-3,5-6,8-9,13-16H,4,7,10-11H2,(H,19,20)(H,21,22)/t13-,14-,15-,16-/m0/s1. The quantitative estimate of drug-likeness (QED) is 0.625. The molecule has 0 radical (unpaired) electrons. The highest BCUT2D eigenvalue weighted by atomic mass is 16.4. The minimum atomic E-state index is -0.846. The Kier molecular flexibility index (Phi) is 4.27. The minimum absolute atomic E-state index is 0.0302. The Hall–Kier alpha value is -2.10. The summed E-state index contributed by atoms with van der Waals surface area (Å²) >= 11 is 0. The van der Waals surface area contributed by atoms with Crippen molar-refractivity contribution in [2.45, 2.75) is 19.3 Å². The van der Waals surface area contributed by atoms with Gasteiger partial charge in [0.25, 0.3) is 0 Å². The molecule has 2 N–H and O–H groups in total. The molecular weight excluding hydrogens is 278 g/mol. The van der Waals surface area contributed by atoms with E-state index in [2.05, 4.69) is 17.4 Å². The summed E-state index contributed by atoms with van der Waals surface area (Å²) in [6.45, 7) is 0.595. The van der Waals surface area contributed by atoms with Crippen molar-refractivity contribution in [2.75, 3.05) is 6.54 Å². The summed E-state index contributed by atoms with van der Waals surface area (Å²) in [4.78, 5) is 23.8. The van der Waals surface area contributed by atoms with Gasteiger partial charge in [-0.15, -0.1) is 0 Å². The zero-order valence-corrected chi connectivity index (χ0v) is 12.4. The number of amides is 1. The first-order valence-electron chi connectivity index (χ1n) is 7.89. The number of nitrogens with one attached hydrogen (secondary N) is 1. The molecule has 4 atom stereocenters. The number of aryl methyl sites for hydroxylation is 1. The van der Waals surface area contributed by atoms with Gasteiger partial charge in [0.15, 0.2) is 0 Å². The molecule has 2 aliphatic carbocycles. The van der Waals surface area contributed by atoms with Gasteiger partial charge in [-0.05, 0) is 36.7 Å². The maximum atomic E-state index is 12.4. The zero-order valence-electron chi connectivity index (χ0n) is 12.4. The number of hydrogen-bond donors (Lipinski definition) is 2. The molecule has 0 spiro atoms. The Balaban J connectivity index is 1.50. The van der Waals surface area contributed by atoms with Gasteiger partial charge in [0.1, 0.15) is 0 Å². The van der Waals surface area contributed by atoms with Crippen LogP contribution in [0.3, 0.4) is 0 Å². The first kappa shape index (κ1) is 14.8. The molecule has 1 fully saturated rings. The number of carbonyl (C=O) groups excluding carboxylic acids is 1. The average molecular weight is 299 g/mol. The third kappa shape index (κ3) is 2.91. The highest BCUT2D eigenvalue weighted by molar-refractivity contribution is 5.86. The van der Waals surface area contributed by atoms with Crippen LogP contribution in [0.4, 0.5) is 0 Å². The fourth-order valence-corrected chi connectivity index (χ4v) is 3.78. The van der Waals surface area contributed by atoms with Gasteiger partial charge in [0, 0.05) is 6.54 Å². The SMILES string of the molecule is O=C(O)[C@@H]1[C@@H](C(=O)NCCCc2ccccc2)[C@H]2C=C[C@H]1C2. The van der Waals surface area contributed by atoms with Gasteiger partial charge in [-0.3, -0.25) is 9.59 Å². The predicted octanol–water partition coefficient (Wildman–Crippen LogP) is 2.26. The Labute approximate surface area is 130 Å². The van der Waals surface area contributed by atoms with Crippen molar-refractivity contribution in [3.8, 4) is 0 Å². The van der Waals surface area contributed by atoms with Crippen LogP contribution in [-0.4, -0.2) is 23.5 Å². The predicted molar refractivity (Wildman–Crippen MR) is 83.1 cm³/mol. The second kappa shape index (κ2) is 6.34. The average Bonchev–Trinajstić information content (AvgIpc) is 3.13. The number of carboxylic acids is 1. The summed E-state index contributed by atoms with van der Waals surface area (Å²) in [5.41, 5.74) is 1.25. The van der Waals surface area contributed by atoms with Crippen molar-refractivity contribution in [3.05, 3.63) is 48.0 Å². The summed E-state index contributed by atoms with van der Waals surface area (Å²) in [5.74, 6) is -1.77. The summed E-state index contributed by atoms with van der Waals surface area (Å²) in [6.07, 6.45) is 6.56. The molecule has 4 nitrogen and oxygen atoms in total. The molecule has 1 amide bonds. The lowest BCUT2D eigenvalue weighted by molar-refractivity contribution is -0.147. The van der Waals surface area contributed by atoms with E-state index in [0.717, 1.165) is 19.3 Å². The summed E-state index contributed by atoms with van der Waals surface area (Å²) in [6, 6.07) is 10.1. The smallest absolute Gasteiger partial charge is 0.307 e. The maximum Gasteiger partial charge on any atom is 0.307 e. The molecule has 0 saturated heterocycles. The fraction of sp³-hybridized carbons (Fsp3) is 0.444. The lowest BCUT2D eigenvalue weighted by Crippen LogP contribution is -2.40. The molecule has 22 heavy (non-hydrogen) atoms. The van der Waals surface area contributed by atoms with Crippen LogP contribution in [0.5, 0.6) is 0 Å². The van der Waals surface area contributed by atoms with Crippen molar-refractivity contribution >= 4 is 11.9 Å². The Morgan fingerprint density at radius 2 is 1.77 bits per heavy atom. The molecule has 4 heteroatoms. The van der Waals surface area contributed by atoms with Crippen LogP contribution in [0.1, 0.15) is 18.4 Å². The van der Waals surface area contributed by atoms with Gasteiger partial charge in [0.05, 0.1) is 11.8 Å². The maximum absolute atomic E-state index is 12.4. The highest BCUT2D eigenvalue weighted by Gasteiger charge is 2.51. The molecular formula is C18H21NO3. The molecule has 116 valence electrons.